The molecule has 2 fully saturated rings. The van der Waals surface area contributed by atoms with Crippen LogP contribution in [0.4, 0.5) is 0 Å². The van der Waals surface area contributed by atoms with Crippen LogP contribution in [0.2, 0.25) is 0 Å². The van der Waals surface area contributed by atoms with Crippen molar-refractivity contribution in [3.63, 3.8) is 0 Å². The Morgan fingerprint density at radius 3 is 2.50 bits per heavy atom. The van der Waals surface area contributed by atoms with Crippen LogP contribution < -0.4 is 5.73 Å². The Bertz CT molecular complexity index is 223. The molecule has 3 heteroatoms. The summed E-state index contributed by atoms with van der Waals surface area (Å²) in [6.07, 6.45) is 5.48. The second kappa shape index (κ2) is 5.03. The molecule has 1 heterocycles. The van der Waals surface area contributed by atoms with E-state index in [-0.39, 0.29) is 0 Å². The maximum atomic E-state index is 6.02. The molecule has 1 atom stereocenters. The minimum absolute atomic E-state index is 0.449. The molecule has 2 rings (SSSR count). The summed E-state index contributed by atoms with van der Waals surface area (Å²) in [4.78, 5) is 5.10. The quantitative estimate of drug-likeness (QED) is 0.782. The molecular weight excluding hydrogens is 198 g/mol. The maximum absolute atomic E-state index is 6.02. The second-order valence-electron chi connectivity index (χ2n) is 5.99. The van der Waals surface area contributed by atoms with Gasteiger partial charge in [-0.2, -0.15) is 0 Å². The molecule has 0 bridgehead atoms. The molecule has 1 saturated carbocycles. The van der Waals surface area contributed by atoms with Crippen molar-refractivity contribution in [3.05, 3.63) is 0 Å². The van der Waals surface area contributed by atoms with Gasteiger partial charge in [-0.05, 0) is 38.8 Å². The molecule has 2 aliphatic rings. The zero-order chi connectivity index (χ0) is 11.6. The lowest BCUT2D eigenvalue weighted by molar-refractivity contribution is 0.0584. The Kier molecular flexibility index (Phi) is 3.88. The van der Waals surface area contributed by atoms with Gasteiger partial charge in [0.1, 0.15) is 0 Å². The third-order valence-corrected chi connectivity index (χ3v) is 4.60. The van der Waals surface area contributed by atoms with E-state index in [9.17, 15) is 0 Å². The van der Waals surface area contributed by atoms with Crippen molar-refractivity contribution < 1.29 is 0 Å². The van der Waals surface area contributed by atoms with Crippen LogP contribution in [-0.2, 0) is 0 Å². The van der Waals surface area contributed by atoms with Gasteiger partial charge < -0.3 is 10.6 Å². The largest absolute Gasteiger partial charge is 0.330 e. The smallest absolute Gasteiger partial charge is 0.0195 e. The molecule has 16 heavy (non-hydrogen) atoms. The summed E-state index contributed by atoms with van der Waals surface area (Å²) >= 11 is 0. The van der Waals surface area contributed by atoms with Gasteiger partial charge in [0.05, 0.1) is 0 Å². The monoisotopic (exact) mass is 225 g/mol. The van der Waals surface area contributed by atoms with Crippen molar-refractivity contribution in [2.24, 2.45) is 11.1 Å². The first-order chi connectivity index (χ1) is 7.65. The van der Waals surface area contributed by atoms with Crippen LogP contribution in [0.15, 0.2) is 0 Å². The van der Waals surface area contributed by atoms with E-state index in [2.05, 4.69) is 23.8 Å². The highest BCUT2D eigenvalue weighted by atomic mass is 15.3. The van der Waals surface area contributed by atoms with Gasteiger partial charge in [-0.15, -0.1) is 0 Å². The number of likely N-dealkylation sites (N-methyl/N-ethyl adjacent to an activating group) is 1. The zero-order valence-electron chi connectivity index (χ0n) is 10.9. The molecule has 1 unspecified atom stereocenters. The molecule has 2 N–H and O–H groups in total. The van der Waals surface area contributed by atoms with Crippen molar-refractivity contribution >= 4 is 0 Å². The van der Waals surface area contributed by atoms with Crippen LogP contribution in [0.1, 0.15) is 32.6 Å². The van der Waals surface area contributed by atoms with Crippen molar-refractivity contribution in [1.82, 2.24) is 9.80 Å². The van der Waals surface area contributed by atoms with E-state index in [0.717, 1.165) is 6.54 Å². The molecule has 0 aromatic rings. The van der Waals surface area contributed by atoms with Crippen molar-refractivity contribution in [2.45, 2.75) is 38.6 Å². The molecule has 0 aromatic heterocycles. The third-order valence-electron chi connectivity index (χ3n) is 4.60. The lowest BCUT2D eigenvalue weighted by Crippen LogP contribution is -2.54. The normalized spacial score (nSPS) is 32.1. The second-order valence-corrected chi connectivity index (χ2v) is 5.99. The van der Waals surface area contributed by atoms with E-state index in [1.165, 1.54) is 51.9 Å². The van der Waals surface area contributed by atoms with E-state index >= 15 is 0 Å². The standard InChI is InChI=1S/C13H27N3/c1-12-9-15(2)7-8-16(12)11-13(10-14)5-3-4-6-13/h12H,3-11,14H2,1-2H3. The highest BCUT2D eigenvalue weighted by Crippen LogP contribution is 2.38. The van der Waals surface area contributed by atoms with Crippen molar-refractivity contribution in [1.29, 1.82) is 0 Å². The number of hydrogen-bond acceptors (Lipinski definition) is 3. The predicted octanol–water partition coefficient (Wildman–Crippen LogP) is 1.14. The fourth-order valence-electron chi connectivity index (χ4n) is 3.39. The average molecular weight is 225 g/mol. The average Bonchev–Trinajstić information content (AvgIpc) is 2.72. The summed E-state index contributed by atoms with van der Waals surface area (Å²) in [5.74, 6) is 0. The summed E-state index contributed by atoms with van der Waals surface area (Å²) in [6.45, 7) is 8.12. The number of nitrogens with two attached hydrogens (primary N) is 1. The highest BCUT2D eigenvalue weighted by Gasteiger charge is 2.36. The number of piperazine rings is 1. The van der Waals surface area contributed by atoms with Gasteiger partial charge in [0.15, 0.2) is 0 Å². The van der Waals surface area contributed by atoms with Crippen molar-refractivity contribution in [2.75, 3.05) is 39.8 Å². The first-order valence-electron chi connectivity index (χ1n) is 6.78. The molecule has 0 radical (unpaired) electrons. The van der Waals surface area contributed by atoms with Gasteiger partial charge in [-0.3, -0.25) is 4.90 Å². The first-order valence-corrected chi connectivity index (χ1v) is 6.78. The van der Waals surface area contributed by atoms with E-state index in [1.54, 1.807) is 0 Å². The number of nitrogens with zero attached hydrogens (tertiary/aromatic N) is 2. The molecule has 0 amide bonds. The van der Waals surface area contributed by atoms with Crippen LogP contribution in [0.3, 0.4) is 0 Å². The Balaban J connectivity index is 1.92. The highest BCUT2D eigenvalue weighted by molar-refractivity contribution is 4.91. The van der Waals surface area contributed by atoms with Gasteiger partial charge in [0, 0.05) is 32.2 Å². The summed E-state index contributed by atoms with van der Waals surface area (Å²) in [6, 6.07) is 0.697. The summed E-state index contributed by atoms with van der Waals surface area (Å²) in [5.41, 5.74) is 6.47. The van der Waals surface area contributed by atoms with Gasteiger partial charge in [-0.1, -0.05) is 12.8 Å². The van der Waals surface area contributed by atoms with E-state index in [0.29, 0.717) is 11.5 Å². The Hall–Kier alpha value is -0.120. The van der Waals surface area contributed by atoms with E-state index < -0.39 is 0 Å². The van der Waals surface area contributed by atoms with Gasteiger partial charge >= 0.3 is 0 Å². The van der Waals surface area contributed by atoms with Gasteiger partial charge in [0.25, 0.3) is 0 Å². The fourth-order valence-corrected chi connectivity index (χ4v) is 3.39. The Labute approximate surface area is 100.0 Å². The van der Waals surface area contributed by atoms with Crippen LogP contribution in [0.25, 0.3) is 0 Å². The zero-order valence-corrected chi connectivity index (χ0v) is 10.9. The lowest BCUT2D eigenvalue weighted by Gasteiger charge is -2.43. The minimum Gasteiger partial charge on any atom is -0.330 e. The number of rotatable bonds is 3. The van der Waals surface area contributed by atoms with Gasteiger partial charge in [0.2, 0.25) is 0 Å². The molecule has 1 aliphatic carbocycles. The summed E-state index contributed by atoms with van der Waals surface area (Å²) in [7, 11) is 2.22. The van der Waals surface area contributed by atoms with Crippen LogP contribution in [-0.4, -0.2) is 55.6 Å². The molecule has 3 nitrogen and oxygen atoms in total. The molecule has 1 aliphatic heterocycles. The van der Waals surface area contributed by atoms with Crippen LogP contribution in [0, 0.1) is 5.41 Å². The summed E-state index contributed by atoms with van der Waals surface area (Å²) < 4.78 is 0. The SMILES string of the molecule is CC1CN(C)CCN1CC1(CN)CCCC1. The molecule has 1 saturated heterocycles. The third kappa shape index (κ3) is 2.58. The first kappa shape index (κ1) is 12.3. The molecular formula is C13H27N3. The topological polar surface area (TPSA) is 32.5 Å². The molecule has 0 aromatic carbocycles. The Morgan fingerprint density at radius 1 is 1.25 bits per heavy atom. The molecule has 0 spiro atoms. The lowest BCUT2D eigenvalue weighted by atomic mass is 9.85. The van der Waals surface area contributed by atoms with Crippen LogP contribution in [0.5, 0.6) is 0 Å². The van der Waals surface area contributed by atoms with Gasteiger partial charge in [-0.25, -0.2) is 0 Å². The molecule has 94 valence electrons. The van der Waals surface area contributed by atoms with E-state index in [4.69, 9.17) is 5.73 Å². The minimum atomic E-state index is 0.449. The fraction of sp³-hybridized carbons (Fsp3) is 1.00. The van der Waals surface area contributed by atoms with Crippen molar-refractivity contribution in [3.8, 4) is 0 Å². The number of hydrogen-bond donors (Lipinski definition) is 1. The van der Waals surface area contributed by atoms with E-state index in [1.807, 2.05) is 0 Å². The predicted molar refractivity (Wildman–Crippen MR) is 68.5 cm³/mol. The summed E-state index contributed by atoms with van der Waals surface area (Å²) in [5, 5.41) is 0. The maximum Gasteiger partial charge on any atom is 0.0195 e. The van der Waals surface area contributed by atoms with Crippen LogP contribution >= 0.6 is 0 Å². The Morgan fingerprint density at radius 2 is 1.94 bits per heavy atom.